The highest BCUT2D eigenvalue weighted by molar-refractivity contribution is 5.89. The van der Waals surface area contributed by atoms with E-state index >= 15 is 0 Å². The first-order chi connectivity index (χ1) is 16.3. The summed E-state index contributed by atoms with van der Waals surface area (Å²) in [6, 6.07) is 5.56. The minimum Gasteiger partial charge on any atom is -0.508 e. The summed E-state index contributed by atoms with van der Waals surface area (Å²) in [5.41, 5.74) is -0.907. The fourth-order valence-electron chi connectivity index (χ4n) is 5.08. The molecular weight excluding hydrogens is 456 g/mol. The zero-order chi connectivity index (χ0) is 24.2. The Labute approximate surface area is 193 Å². The second-order valence-corrected chi connectivity index (χ2v) is 8.84. The van der Waals surface area contributed by atoms with Gasteiger partial charge in [-0.05, 0) is 30.3 Å². The number of aliphatic hydroxyl groups is 5. The maximum atomic E-state index is 12.7. The SMILES string of the molecule is O=C(O[C@H]1[C@H]2C=CO[C@H](O[C@@H]3O[C@H](CO)[C@@H](O)[C@H](O)[C@H]3O)[C@@H]2[C@@]2(CO)O[C@H]12)c1ccc(O)cc1. The van der Waals surface area contributed by atoms with E-state index < -0.39 is 85.8 Å². The van der Waals surface area contributed by atoms with Crippen molar-refractivity contribution in [3.63, 3.8) is 0 Å². The predicted molar refractivity (Wildman–Crippen MR) is 108 cm³/mol. The number of epoxide rings is 1. The van der Waals surface area contributed by atoms with Crippen molar-refractivity contribution in [3.8, 4) is 5.75 Å². The minimum atomic E-state index is -1.64. The molecule has 3 heterocycles. The van der Waals surface area contributed by atoms with E-state index in [-0.39, 0.29) is 11.3 Å². The molecule has 3 aliphatic heterocycles. The molecule has 0 aromatic heterocycles. The topological polar surface area (TPSA) is 188 Å². The van der Waals surface area contributed by atoms with Crippen LogP contribution in [0.5, 0.6) is 5.75 Å². The summed E-state index contributed by atoms with van der Waals surface area (Å²) in [6.07, 6.45) is -6.99. The van der Waals surface area contributed by atoms with E-state index in [9.17, 15) is 35.4 Å². The van der Waals surface area contributed by atoms with Crippen LogP contribution >= 0.6 is 0 Å². The number of esters is 1. The number of aromatic hydroxyl groups is 1. The Bertz CT molecular complexity index is 934. The standard InChI is InChI=1S/C22H26O12/c23-7-12-14(26)15(27)16(28)21(31-12)33-20-13-11(5-6-30-20)17(18-22(13,8-24)34-18)32-19(29)9-1-3-10(25)4-2-9/h1-6,11-18,20-21,23-28H,7-8H2/t11-,12+,13+,14+,15-,16+,17-,18+,20+,21-,22+/m0/s1. The lowest BCUT2D eigenvalue weighted by Crippen LogP contribution is -2.60. The van der Waals surface area contributed by atoms with Gasteiger partial charge >= 0.3 is 5.97 Å². The molecule has 4 aliphatic rings. The van der Waals surface area contributed by atoms with Gasteiger partial charge in [-0.15, -0.1) is 0 Å². The summed E-state index contributed by atoms with van der Waals surface area (Å²) in [7, 11) is 0. The number of fused-ring (bicyclic) bond motifs is 3. The molecule has 2 saturated heterocycles. The van der Waals surface area contributed by atoms with E-state index in [1.54, 1.807) is 6.08 Å². The molecule has 0 bridgehead atoms. The van der Waals surface area contributed by atoms with Crippen molar-refractivity contribution in [2.45, 2.75) is 54.8 Å². The Kier molecular flexibility index (Phi) is 6.02. The molecule has 34 heavy (non-hydrogen) atoms. The number of ether oxygens (including phenoxy) is 5. The lowest BCUT2D eigenvalue weighted by Gasteiger charge is -2.43. The first kappa shape index (κ1) is 23.5. The molecule has 1 saturated carbocycles. The van der Waals surface area contributed by atoms with Crippen LogP contribution in [0.3, 0.4) is 0 Å². The average Bonchev–Trinajstić information content (AvgIpc) is 3.52. The fourth-order valence-corrected chi connectivity index (χ4v) is 5.08. The molecule has 1 aromatic rings. The predicted octanol–water partition coefficient (Wildman–Crippen LogP) is -2.02. The van der Waals surface area contributed by atoms with Gasteiger partial charge < -0.3 is 54.3 Å². The van der Waals surface area contributed by atoms with E-state index in [2.05, 4.69) is 0 Å². The van der Waals surface area contributed by atoms with Crippen LogP contribution < -0.4 is 0 Å². The van der Waals surface area contributed by atoms with Gasteiger partial charge in [0.2, 0.25) is 6.29 Å². The molecule has 0 spiro atoms. The monoisotopic (exact) mass is 482 g/mol. The third-order valence-electron chi connectivity index (χ3n) is 6.94. The van der Waals surface area contributed by atoms with E-state index in [0.717, 1.165) is 0 Å². The quantitative estimate of drug-likeness (QED) is 0.193. The van der Waals surface area contributed by atoms with Gasteiger partial charge in [-0.1, -0.05) is 0 Å². The van der Waals surface area contributed by atoms with Crippen LogP contribution in [0.25, 0.3) is 0 Å². The maximum Gasteiger partial charge on any atom is 0.338 e. The molecule has 12 nitrogen and oxygen atoms in total. The lowest BCUT2D eigenvalue weighted by atomic mass is 9.85. The average molecular weight is 482 g/mol. The van der Waals surface area contributed by atoms with Gasteiger partial charge in [0.1, 0.15) is 48.0 Å². The zero-order valence-corrected chi connectivity index (χ0v) is 17.8. The summed E-state index contributed by atoms with van der Waals surface area (Å²) >= 11 is 0. The molecule has 6 N–H and O–H groups in total. The largest absolute Gasteiger partial charge is 0.508 e. The molecule has 1 aromatic carbocycles. The smallest absolute Gasteiger partial charge is 0.338 e. The molecule has 0 amide bonds. The van der Waals surface area contributed by atoms with Gasteiger partial charge in [0.05, 0.1) is 31.0 Å². The highest BCUT2D eigenvalue weighted by Crippen LogP contribution is 2.60. The van der Waals surface area contributed by atoms with E-state index in [1.165, 1.54) is 30.5 Å². The molecule has 0 unspecified atom stereocenters. The van der Waals surface area contributed by atoms with Crippen molar-refractivity contribution in [1.82, 2.24) is 0 Å². The minimum absolute atomic E-state index is 0.00264. The summed E-state index contributed by atoms with van der Waals surface area (Å²) in [4.78, 5) is 12.7. The number of carbonyl (C=O) groups excluding carboxylic acids is 1. The van der Waals surface area contributed by atoms with Crippen LogP contribution in [-0.2, 0) is 23.7 Å². The number of phenolic OH excluding ortho intramolecular Hbond substituents is 1. The van der Waals surface area contributed by atoms with E-state index in [0.29, 0.717) is 0 Å². The number of phenols is 1. The Hall–Kier alpha value is -2.29. The van der Waals surface area contributed by atoms with Gasteiger partial charge in [0.15, 0.2) is 6.29 Å². The molecule has 11 atom stereocenters. The Morgan fingerprint density at radius 3 is 2.44 bits per heavy atom. The Morgan fingerprint density at radius 1 is 1.03 bits per heavy atom. The summed E-state index contributed by atoms with van der Waals surface area (Å²) in [5.74, 6) is -1.78. The van der Waals surface area contributed by atoms with Crippen LogP contribution in [0.2, 0.25) is 0 Å². The number of hydrogen-bond acceptors (Lipinski definition) is 12. The van der Waals surface area contributed by atoms with E-state index in [4.69, 9.17) is 23.7 Å². The van der Waals surface area contributed by atoms with Gasteiger partial charge in [-0.2, -0.15) is 0 Å². The molecule has 1 aliphatic carbocycles. The molecule has 3 fully saturated rings. The third-order valence-corrected chi connectivity index (χ3v) is 6.94. The first-order valence-corrected chi connectivity index (χ1v) is 10.9. The number of hydrogen-bond donors (Lipinski definition) is 6. The van der Waals surface area contributed by atoms with Gasteiger partial charge in [-0.3, -0.25) is 0 Å². The van der Waals surface area contributed by atoms with Gasteiger partial charge in [0.25, 0.3) is 0 Å². The van der Waals surface area contributed by atoms with Crippen molar-refractivity contribution < 1.29 is 59.1 Å². The molecule has 12 heteroatoms. The van der Waals surface area contributed by atoms with Crippen molar-refractivity contribution >= 4 is 5.97 Å². The van der Waals surface area contributed by atoms with Crippen molar-refractivity contribution in [2.75, 3.05) is 13.2 Å². The lowest BCUT2D eigenvalue weighted by molar-refractivity contribution is -0.344. The third kappa shape index (κ3) is 3.67. The summed E-state index contributed by atoms with van der Waals surface area (Å²) in [5, 5.41) is 59.3. The molecule has 5 rings (SSSR count). The summed E-state index contributed by atoms with van der Waals surface area (Å²) < 4.78 is 28.3. The zero-order valence-electron chi connectivity index (χ0n) is 17.8. The van der Waals surface area contributed by atoms with Gasteiger partial charge in [-0.25, -0.2) is 4.79 Å². The van der Waals surface area contributed by atoms with Crippen molar-refractivity contribution in [2.24, 2.45) is 11.8 Å². The molecule has 186 valence electrons. The maximum absolute atomic E-state index is 12.7. The first-order valence-electron chi connectivity index (χ1n) is 10.9. The number of rotatable bonds is 6. The van der Waals surface area contributed by atoms with Crippen LogP contribution in [-0.4, -0.2) is 105 Å². The Balaban J connectivity index is 1.34. The van der Waals surface area contributed by atoms with Crippen molar-refractivity contribution in [3.05, 3.63) is 42.2 Å². The van der Waals surface area contributed by atoms with Crippen LogP contribution in [0.15, 0.2) is 36.6 Å². The normalized spacial score (nSPS) is 44.6. The number of benzene rings is 1. The van der Waals surface area contributed by atoms with Crippen molar-refractivity contribution in [1.29, 1.82) is 0 Å². The van der Waals surface area contributed by atoms with E-state index in [1.807, 2.05) is 0 Å². The number of carbonyl (C=O) groups is 1. The van der Waals surface area contributed by atoms with Crippen LogP contribution in [0.4, 0.5) is 0 Å². The fraction of sp³-hybridized carbons (Fsp3) is 0.591. The second-order valence-electron chi connectivity index (χ2n) is 8.84. The highest BCUT2D eigenvalue weighted by Gasteiger charge is 2.77. The second kappa shape index (κ2) is 8.73. The number of aliphatic hydroxyl groups excluding tert-OH is 5. The highest BCUT2D eigenvalue weighted by atomic mass is 16.8. The molecule has 0 radical (unpaired) electrons. The Morgan fingerprint density at radius 2 is 1.76 bits per heavy atom. The van der Waals surface area contributed by atoms with Crippen LogP contribution in [0, 0.1) is 11.8 Å². The van der Waals surface area contributed by atoms with Crippen LogP contribution in [0.1, 0.15) is 10.4 Å². The van der Waals surface area contributed by atoms with Gasteiger partial charge in [0, 0.05) is 5.92 Å². The summed E-state index contributed by atoms with van der Waals surface area (Å²) in [6.45, 7) is -1.04. The molecular formula is C22H26O12.